The lowest BCUT2D eigenvalue weighted by atomic mass is 9.84. The third kappa shape index (κ3) is 3.72. The summed E-state index contributed by atoms with van der Waals surface area (Å²) < 4.78 is 0. The molecule has 0 aromatic heterocycles. The molecule has 0 spiro atoms. The molecule has 3 nitrogen and oxygen atoms in total. The van der Waals surface area contributed by atoms with E-state index in [0.717, 1.165) is 5.56 Å². The summed E-state index contributed by atoms with van der Waals surface area (Å²) in [6, 6.07) is 7.30. The van der Waals surface area contributed by atoms with Crippen LogP contribution in [-0.4, -0.2) is 24.2 Å². The van der Waals surface area contributed by atoms with Gasteiger partial charge in [-0.2, -0.15) is 0 Å². The molecule has 0 saturated carbocycles. The summed E-state index contributed by atoms with van der Waals surface area (Å²) in [5.41, 5.74) is 0.256. The number of aliphatic hydroxyl groups excluding tert-OH is 1. The van der Waals surface area contributed by atoms with E-state index in [2.05, 4.69) is 5.32 Å². The molecular weight excluding hydrogens is 238 g/mol. The van der Waals surface area contributed by atoms with Gasteiger partial charge >= 0.3 is 0 Å². The molecule has 0 saturated heterocycles. The topological polar surface area (TPSA) is 49.3 Å². The monoisotopic (exact) mass is 255 g/mol. The van der Waals surface area contributed by atoms with Crippen LogP contribution in [0.1, 0.15) is 25.8 Å². The van der Waals surface area contributed by atoms with E-state index in [1.807, 2.05) is 26.0 Å². The number of hydrogen-bond donors (Lipinski definition) is 2. The maximum absolute atomic E-state index is 12.0. The van der Waals surface area contributed by atoms with Gasteiger partial charge in [-0.3, -0.25) is 4.79 Å². The molecule has 0 radical (unpaired) electrons. The summed E-state index contributed by atoms with van der Waals surface area (Å²) in [4.78, 5) is 12.0. The largest absolute Gasteiger partial charge is 0.396 e. The van der Waals surface area contributed by atoms with Crippen LogP contribution in [0.4, 0.5) is 0 Å². The summed E-state index contributed by atoms with van der Waals surface area (Å²) in [5.74, 6) is -0.0618. The molecule has 1 rings (SSSR count). The fourth-order valence-electron chi connectivity index (χ4n) is 1.51. The van der Waals surface area contributed by atoms with Crippen molar-refractivity contribution in [1.82, 2.24) is 5.32 Å². The second kappa shape index (κ2) is 6.03. The average molecular weight is 256 g/mol. The Morgan fingerprint density at radius 1 is 1.47 bits per heavy atom. The quantitative estimate of drug-likeness (QED) is 0.792. The first-order chi connectivity index (χ1) is 7.98. The minimum absolute atomic E-state index is 0.0618. The van der Waals surface area contributed by atoms with Crippen LogP contribution < -0.4 is 5.32 Å². The predicted octanol–water partition coefficient (Wildman–Crippen LogP) is 2.12. The molecule has 94 valence electrons. The highest BCUT2D eigenvalue weighted by atomic mass is 35.5. The smallest absolute Gasteiger partial charge is 0.230 e. The van der Waals surface area contributed by atoms with Crippen molar-refractivity contribution in [3.8, 4) is 0 Å². The Bertz CT molecular complexity index is 391. The standard InChI is InChI=1S/C13H18ClNO2/c1-13(2,12(17)15-7-4-8-16)10-5-3-6-11(14)9-10/h3,5-6,9,16H,4,7-8H2,1-2H3,(H,15,17). The SMILES string of the molecule is CC(C)(C(=O)NCCCO)c1cccc(Cl)c1. The molecule has 1 aromatic rings. The van der Waals surface area contributed by atoms with Gasteiger partial charge < -0.3 is 10.4 Å². The maximum Gasteiger partial charge on any atom is 0.230 e. The Kier molecular flexibility index (Phi) is 4.97. The summed E-state index contributed by atoms with van der Waals surface area (Å²) in [6.07, 6.45) is 0.567. The highest BCUT2D eigenvalue weighted by Gasteiger charge is 2.29. The van der Waals surface area contributed by atoms with Gasteiger partial charge in [-0.15, -0.1) is 0 Å². The number of carbonyl (C=O) groups excluding carboxylic acids is 1. The van der Waals surface area contributed by atoms with Crippen molar-refractivity contribution in [3.05, 3.63) is 34.9 Å². The number of rotatable bonds is 5. The molecule has 0 aliphatic rings. The van der Waals surface area contributed by atoms with Gasteiger partial charge in [0.05, 0.1) is 5.41 Å². The minimum atomic E-state index is -0.625. The van der Waals surface area contributed by atoms with Crippen LogP contribution in [0.5, 0.6) is 0 Å². The zero-order valence-corrected chi connectivity index (χ0v) is 10.9. The second-order valence-corrected chi connectivity index (χ2v) is 4.90. The third-order valence-corrected chi connectivity index (χ3v) is 2.97. The van der Waals surface area contributed by atoms with E-state index in [-0.39, 0.29) is 12.5 Å². The van der Waals surface area contributed by atoms with Crippen LogP contribution in [0.25, 0.3) is 0 Å². The average Bonchev–Trinajstić information content (AvgIpc) is 2.29. The molecule has 0 aliphatic carbocycles. The molecule has 1 aromatic carbocycles. The van der Waals surface area contributed by atoms with E-state index < -0.39 is 5.41 Å². The number of aliphatic hydroxyl groups is 1. The Morgan fingerprint density at radius 3 is 2.76 bits per heavy atom. The van der Waals surface area contributed by atoms with Crippen molar-refractivity contribution in [3.63, 3.8) is 0 Å². The zero-order valence-electron chi connectivity index (χ0n) is 10.2. The van der Waals surface area contributed by atoms with E-state index in [4.69, 9.17) is 16.7 Å². The van der Waals surface area contributed by atoms with Gasteiger partial charge in [0.1, 0.15) is 0 Å². The Morgan fingerprint density at radius 2 is 2.18 bits per heavy atom. The molecule has 0 heterocycles. The third-order valence-electron chi connectivity index (χ3n) is 2.73. The van der Waals surface area contributed by atoms with Crippen molar-refractivity contribution in [2.75, 3.05) is 13.2 Å². The second-order valence-electron chi connectivity index (χ2n) is 4.47. The van der Waals surface area contributed by atoms with Crippen molar-refractivity contribution in [1.29, 1.82) is 0 Å². The summed E-state index contributed by atoms with van der Waals surface area (Å²) in [7, 11) is 0. The number of carbonyl (C=O) groups is 1. The Labute approximate surface area is 107 Å². The van der Waals surface area contributed by atoms with E-state index in [0.29, 0.717) is 18.0 Å². The summed E-state index contributed by atoms with van der Waals surface area (Å²) in [5, 5.41) is 12.1. The van der Waals surface area contributed by atoms with E-state index in [1.165, 1.54) is 0 Å². The molecular formula is C13H18ClNO2. The minimum Gasteiger partial charge on any atom is -0.396 e. The van der Waals surface area contributed by atoms with Crippen molar-refractivity contribution in [2.45, 2.75) is 25.7 Å². The lowest BCUT2D eigenvalue weighted by molar-refractivity contribution is -0.125. The van der Waals surface area contributed by atoms with Crippen LogP contribution in [0.2, 0.25) is 5.02 Å². The van der Waals surface area contributed by atoms with Crippen LogP contribution in [0, 0.1) is 0 Å². The van der Waals surface area contributed by atoms with E-state index >= 15 is 0 Å². The lowest BCUT2D eigenvalue weighted by Gasteiger charge is -2.24. The Hall–Kier alpha value is -1.06. The van der Waals surface area contributed by atoms with Crippen LogP contribution >= 0.6 is 11.6 Å². The van der Waals surface area contributed by atoms with E-state index in [1.54, 1.807) is 12.1 Å². The van der Waals surface area contributed by atoms with Crippen molar-refractivity contribution in [2.24, 2.45) is 0 Å². The molecule has 0 bridgehead atoms. The maximum atomic E-state index is 12.0. The first-order valence-electron chi connectivity index (χ1n) is 5.63. The fraction of sp³-hybridized carbons (Fsp3) is 0.462. The number of amides is 1. The fourth-order valence-corrected chi connectivity index (χ4v) is 1.70. The predicted molar refractivity (Wildman–Crippen MR) is 69.2 cm³/mol. The van der Waals surface area contributed by atoms with Gasteiger partial charge in [-0.05, 0) is 38.0 Å². The molecule has 0 fully saturated rings. The van der Waals surface area contributed by atoms with Crippen molar-refractivity contribution >= 4 is 17.5 Å². The molecule has 0 unspecified atom stereocenters. The van der Waals surface area contributed by atoms with Crippen molar-refractivity contribution < 1.29 is 9.90 Å². The van der Waals surface area contributed by atoms with Gasteiger partial charge in [-0.1, -0.05) is 23.7 Å². The Balaban J connectivity index is 2.76. The molecule has 0 aliphatic heterocycles. The number of nitrogens with one attached hydrogen (secondary N) is 1. The summed E-state index contributed by atoms with van der Waals surface area (Å²) >= 11 is 5.92. The van der Waals surface area contributed by atoms with Gasteiger partial charge in [0.25, 0.3) is 0 Å². The normalized spacial score (nSPS) is 11.3. The van der Waals surface area contributed by atoms with Crippen LogP contribution in [0.15, 0.2) is 24.3 Å². The number of halogens is 1. The number of hydrogen-bond acceptors (Lipinski definition) is 2. The first-order valence-corrected chi connectivity index (χ1v) is 6.01. The van der Waals surface area contributed by atoms with Gasteiger partial charge in [0, 0.05) is 18.2 Å². The molecule has 0 atom stereocenters. The van der Waals surface area contributed by atoms with Gasteiger partial charge in [0.2, 0.25) is 5.91 Å². The first kappa shape index (κ1) is 14.0. The zero-order chi connectivity index (χ0) is 12.9. The molecule has 2 N–H and O–H groups in total. The highest BCUT2D eigenvalue weighted by molar-refractivity contribution is 6.30. The summed E-state index contributed by atoms with van der Waals surface area (Å²) in [6.45, 7) is 4.27. The number of benzene rings is 1. The van der Waals surface area contributed by atoms with Gasteiger partial charge in [-0.25, -0.2) is 0 Å². The molecule has 1 amide bonds. The van der Waals surface area contributed by atoms with Crippen LogP contribution in [-0.2, 0) is 10.2 Å². The van der Waals surface area contributed by atoms with Crippen LogP contribution in [0.3, 0.4) is 0 Å². The highest BCUT2D eigenvalue weighted by Crippen LogP contribution is 2.25. The van der Waals surface area contributed by atoms with Gasteiger partial charge in [0.15, 0.2) is 0 Å². The molecule has 17 heavy (non-hydrogen) atoms. The lowest BCUT2D eigenvalue weighted by Crippen LogP contribution is -2.40. The van der Waals surface area contributed by atoms with E-state index in [9.17, 15) is 4.79 Å². The molecule has 4 heteroatoms.